The van der Waals surface area contributed by atoms with Crippen molar-refractivity contribution in [2.75, 3.05) is 0 Å². The number of nitrogens with zero attached hydrogens (tertiary/aromatic N) is 3. The molecule has 0 aliphatic carbocycles. The quantitative estimate of drug-likeness (QED) is 0.862. The molecular weight excluding hydrogens is 288 g/mol. The van der Waals surface area contributed by atoms with Crippen molar-refractivity contribution in [2.45, 2.75) is 51.1 Å². The van der Waals surface area contributed by atoms with Gasteiger partial charge < -0.3 is 4.90 Å². The monoisotopic (exact) mass is 305 g/mol. The number of carbonyl (C=O) groups is 1. The molecule has 0 radical (unpaired) electrons. The molecule has 3 atom stereocenters. The Hall–Kier alpha value is -2.03. The molecule has 0 saturated carbocycles. The van der Waals surface area contributed by atoms with E-state index in [1.54, 1.807) is 24.1 Å². The molecule has 2 fully saturated rings. The summed E-state index contributed by atoms with van der Waals surface area (Å²) in [4.78, 5) is 18.3. The number of amides is 1. The number of nitriles is 1. The standard InChI is InChI=1S/C16H17F2N3O/c1-2-16(14(17)18)6-12-3-4-13(21(12)15(16)22)11-5-10(7-19)8-20-9-11/h5,8-9,12-14H,2-4,6H2,1H3/t12-,13-,16+/m1/s1. The van der Waals surface area contributed by atoms with Crippen LogP contribution in [-0.2, 0) is 4.79 Å². The molecule has 2 aliphatic rings. The average molecular weight is 305 g/mol. The number of fused-ring (bicyclic) bond motifs is 1. The molecule has 116 valence electrons. The predicted molar refractivity (Wildman–Crippen MR) is 74.9 cm³/mol. The van der Waals surface area contributed by atoms with Gasteiger partial charge in [-0.15, -0.1) is 0 Å². The Bertz CT molecular complexity index is 643. The Kier molecular flexibility index (Phi) is 3.59. The van der Waals surface area contributed by atoms with Gasteiger partial charge in [-0.05, 0) is 37.3 Å². The van der Waals surface area contributed by atoms with Crippen molar-refractivity contribution in [1.29, 1.82) is 5.26 Å². The topological polar surface area (TPSA) is 57.0 Å². The second-order valence-electron chi connectivity index (χ2n) is 6.09. The second-order valence-corrected chi connectivity index (χ2v) is 6.09. The van der Waals surface area contributed by atoms with Crippen LogP contribution in [0.5, 0.6) is 0 Å². The highest BCUT2D eigenvalue weighted by atomic mass is 19.3. The fourth-order valence-electron chi connectivity index (χ4n) is 3.82. The Labute approximate surface area is 127 Å². The summed E-state index contributed by atoms with van der Waals surface area (Å²) in [6.45, 7) is 1.65. The van der Waals surface area contributed by atoms with E-state index < -0.39 is 17.7 Å². The third-order valence-electron chi connectivity index (χ3n) is 5.08. The highest BCUT2D eigenvalue weighted by Gasteiger charge is 2.59. The molecule has 6 heteroatoms. The van der Waals surface area contributed by atoms with Crippen LogP contribution < -0.4 is 0 Å². The highest BCUT2D eigenvalue weighted by Crippen LogP contribution is 2.52. The second kappa shape index (κ2) is 5.31. The van der Waals surface area contributed by atoms with E-state index in [0.29, 0.717) is 5.56 Å². The first-order valence-electron chi connectivity index (χ1n) is 7.49. The number of rotatable bonds is 3. The van der Waals surface area contributed by atoms with E-state index in [2.05, 4.69) is 4.98 Å². The summed E-state index contributed by atoms with van der Waals surface area (Å²) >= 11 is 0. The van der Waals surface area contributed by atoms with Gasteiger partial charge in [-0.2, -0.15) is 5.26 Å². The average Bonchev–Trinajstić information content (AvgIpc) is 3.06. The molecule has 2 aliphatic heterocycles. The van der Waals surface area contributed by atoms with Gasteiger partial charge in [0.1, 0.15) is 11.5 Å². The molecule has 0 N–H and O–H groups in total. The largest absolute Gasteiger partial charge is 0.332 e. The first-order valence-corrected chi connectivity index (χ1v) is 7.49. The van der Waals surface area contributed by atoms with E-state index in [9.17, 15) is 13.6 Å². The number of pyridine rings is 1. The van der Waals surface area contributed by atoms with Crippen LogP contribution in [0.25, 0.3) is 0 Å². The van der Waals surface area contributed by atoms with Crippen LogP contribution in [0, 0.1) is 16.7 Å². The van der Waals surface area contributed by atoms with Gasteiger partial charge in [0.15, 0.2) is 0 Å². The maximum atomic E-state index is 13.5. The maximum absolute atomic E-state index is 13.5. The summed E-state index contributed by atoms with van der Waals surface area (Å²) in [6.07, 6.45) is 2.27. The minimum absolute atomic E-state index is 0.128. The van der Waals surface area contributed by atoms with Crippen LogP contribution in [0.3, 0.4) is 0 Å². The van der Waals surface area contributed by atoms with E-state index in [1.165, 1.54) is 6.20 Å². The predicted octanol–water partition coefficient (Wildman–Crippen LogP) is 3.05. The SMILES string of the molecule is CC[C@@]1(C(F)F)C[C@H]2CC[C@H](c3cncc(C#N)c3)N2C1=O. The van der Waals surface area contributed by atoms with Crippen molar-refractivity contribution < 1.29 is 13.6 Å². The van der Waals surface area contributed by atoms with Crippen LogP contribution in [0.15, 0.2) is 18.5 Å². The highest BCUT2D eigenvalue weighted by molar-refractivity contribution is 5.86. The lowest BCUT2D eigenvalue weighted by Crippen LogP contribution is -2.40. The van der Waals surface area contributed by atoms with Crippen molar-refractivity contribution in [3.63, 3.8) is 0 Å². The van der Waals surface area contributed by atoms with Gasteiger partial charge in [0.25, 0.3) is 6.43 Å². The maximum Gasteiger partial charge on any atom is 0.252 e. The fourth-order valence-corrected chi connectivity index (χ4v) is 3.82. The van der Waals surface area contributed by atoms with Crippen LogP contribution in [-0.4, -0.2) is 28.3 Å². The number of hydrogen-bond donors (Lipinski definition) is 0. The van der Waals surface area contributed by atoms with E-state index in [0.717, 1.165) is 18.4 Å². The Morgan fingerprint density at radius 3 is 2.91 bits per heavy atom. The molecule has 1 amide bonds. The van der Waals surface area contributed by atoms with Gasteiger partial charge in [0.05, 0.1) is 11.6 Å². The molecule has 22 heavy (non-hydrogen) atoms. The van der Waals surface area contributed by atoms with Crippen molar-refractivity contribution in [2.24, 2.45) is 5.41 Å². The van der Waals surface area contributed by atoms with Crippen LogP contribution >= 0.6 is 0 Å². The molecule has 0 aromatic carbocycles. The van der Waals surface area contributed by atoms with Crippen LogP contribution in [0.2, 0.25) is 0 Å². The number of halogens is 2. The van der Waals surface area contributed by atoms with Gasteiger partial charge in [-0.1, -0.05) is 6.92 Å². The van der Waals surface area contributed by atoms with Gasteiger partial charge in [0, 0.05) is 18.4 Å². The Morgan fingerprint density at radius 1 is 1.50 bits per heavy atom. The number of carbonyl (C=O) groups excluding carboxylic acids is 1. The molecule has 4 nitrogen and oxygen atoms in total. The molecule has 3 heterocycles. The van der Waals surface area contributed by atoms with E-state index in [-0.39, 0.29) is 24.9 Å². The molecule has 1 aromatic heterocycles. The molecule has 3 rings (SSSR count). The molecule has 2 saturated heterocycles. The van der Waals surface area contributed by atoms with E-state index in [1.807, 2.05) is 6.07 Å². The van der Waals surface area contributed by atoms with Crippen molar-refractivity contribution >= 4 is 5.91 Å². The first-order chi connectivity index (χ1) is 10.5. The lowest BCUT2D eigenvalue weighted by atomic mass is 9.81. The third kappa shape index (κ3) is 1.99. The lowest BCUT2D eigenvalue weighted by Gasteiger charge is -2.29. The smallest absolute Gasteiger partial charge is 0.252 e. The summed E-state index contributed by atoms with van der Waals surface area (Å²) < 4.78 is 27.0. The van der Waals surface area contributed by atoms with Gasteiger partial charge in [-0.25, -0.2) is 8.78 Å². The zero-order valence-electron chi connectivity index (χ0n) is 12.3. The van der Waals surface area contributed by atoms with Crippen LogP contribution in [0.1, 0.15) is 49.8 Å². The van der Waals surface area contributed by atoms with Crippen molar-refractivity contribution in [3.8, 4) is 6.07 Å². The van der Waals surface area contributed by atoms with Crippen molar-refractivity contribution in [1.82, 2.24) is 9.88 Å². The zero-order valence-corrected chi connectivity index (χ0v) is 12.3. The van der Waals surface area contributed by atoms with E-state index in [4.69, 9.17) is 5.26 Å². The molecule has 0 bridgehead atoms. The Balaban J connectivity index is 1.95. The van der Waals surface area contributed by atoms with Gasteiger partial charge >= 0.3 is 0 Å². The van der Waals surface area contributed by atoms with Gasteiger partial charge in [-0.3, -0.25) is 9.78 Å². The summed E-state index contributed by atoms with van der Waals surface area (Å²) in [6, 6.07) is 3.34. The third-order valence-corrected chi connectivity index (χ3v) is 5.08. The minimum Gasteiger partial charge on any atom is -0.332 e. The summed E-state index contributed by atoms with van der Waals surface area (Å²) in [5, 5.41) is 8.97. The molecule has 0 spiro atoms. The van der Waals surface area contributed by atoms with Crippen molar-refractivity contribution in [3.05, 3.63) is 29.6 Å². The summed E-state index contributed by atoms with van der Waals surface area (Å²) in [5.41, 5.74) is -0.358. The van der Waals surface area contributed by atoms with E-state index >= 15 is 0 Å². The minimum atomic E-state index is -2.64. The summed E-state index contributed by atoms with van der Waals surface area (Å²) in [7, 11) is 0. The normalized spacial score (nSPS) is 30.7. The fraction of sp³-hybridized carbons (Fsp3) is 0.562. The number of hydrogen-bond acceptors (Lipinski definition) is 3. The van der Waals surface area contributed by atoms with Crippen LogP contribution in [0.4, 0.5) is 8.78 Å². The zero-order chi connectivity index (χ0) is 15.9. The number of alkyl halides is 2. The summed E-state index contributed by atoms with van der Waals surface area (Å²) in [5.74, 6) is -0.445. The first kappa shape index (κ1) is 14.9. The Morgan fingerprint density at radius 2 is 2.27 bits per heavy atom. The lowest BCUT2D eigenvalue weighted by molar-refractivity contribution is -0.146. The van der Waals surface area contributed by atoms with Gasteiger partial charge in [0.2, 0.25) is 5.91 Å². The molecule has 0 unspecified atom stereocenters. The molecule has 1 aromatic rings. The number of aromatic nitrogens is 1. The molecular formula is C16H17F2N3O.